The zero-order valence-corrected chi connectivity index (χ0v) is 22.2. The minimum absolute atomic E-state index is 0.152. The van der Waals surface area contributed by atoms with E-state index in [1.165, 1.54) is 0 Å². The predicted molar refractivity (Wildman–Crippen MR) is 145 cm³/mol. The summed E-state index contributed by atoms with van der Waals surface area (Å²) in [4.78, 5) is 32.6. The van der Waals surface area contributed by atoms with E-state index in [0.717, 1.165) is 29.4 Å². The molecule has 2 N–H and O–H groups in total. The number of carbonyl (C=O) groups is 2. The standard InChI is InChI=1S/C25H26Cl2N4O4S/c1-15-21(23(32)35-11-10-34-2)22(31-9-4-12-36-25(31)28-15)16-5-3-6-18(13-16)29-24(33)30-20-8-7-17(26)14-19(20)27/h3,5-8,13-14,22H,4,9-12H2,1-2H3,(H2,29,30,33). The zero-order chi connectivity index (χ0) is 25.7. The summed E-state index contributed by atoms with van der Waals surface area (Å²) >= 11 is 13.8. The van der Waals surface area contributed by atoms with Crippen molar-refractivity contribution in [3.8, 4) is 0 Å². The van der Waals surface area contributed by atoms with E-state index in [-0.39, 0.29) is 6.61 Å². The Morgan fingerprint density at radius 2 is 2.00 bits per heavy atom. The molecule has 190 valence electrons. The molecule has 2 heterocycles. The number of halogens is 2. The van der Waals surface area contributed by atoms with Gasteiger partial charge in [0.15, 0.2) is 5.17 Å². The van der Waals surface area contributed by atoms with E-state index >= 15 is 0 Å². The molecule has 1 saturated heterocycles. The molecule has 8 nitrogen and oxygen atoms in total. The molecular formula is C25H26Cl2N4O4S. The van der Waals surface area contributed by atoms with Crippen LogP contribution in [-0.2, 0) is 14.3 Å². The number of anilines is 2. The average molecular weight is 549 g/mol. The molecule has 36 heavy (non-hydrogen) atoms. The Labute approximate surface area is 224 Å². The molecule has 0 spiro atoms. The quantitative estimate of drug-likeness (QED) is 0.328. The molecule has 0 aliphatic carbocycles. The number of ether oxygens (including phenoxy) is 2. The molecule has 11 heteroatoms. The molecule has 4 rings (SSSR count). The maximum Gasteiger partial charge on any atom is 0.338 e. The highest BCUT2D eigenvalue weighted by Crippen LogP contribution is 2.40. The number of carbonyl (C=O) groups excluding carboxylic acids is 2. The summed E-state index contributed by atoms with van der Waals surface area (Å²) in [5.74, 6) is 0.541. The Hall–Kier alpha value is -2.72. The third-order valence-corrected chi connectivity index (χ3v) is 7.26. The molecule has 0 radical (unpaired) electrons. The number of aliphatic imine (C=N–C) groups is 1. The number of hydrogen-bond acceptors (Lipinski definition) is 7. The third kappa shape index (κ3) is 6.15. The van der Waals surface area contributed by atoms with Gasteiger partial charge in [-0.25, -0.2) is 14.6 Å². The summed E-state index contributed by atoms with van der Waals surface area (Å²) in [6, 6.07) is 11.4. The number of urea groups is 1. The van der Waals surface area contributed by atoms with Crippen LogP contribution in [0.15, 0.2) is 58.7 Å². The molecular weight excluding hydrogens is 523 g/mol. The first-order valence-electron chi connectivity index (χ1n) is 11.4. The molecule has 2 aliphatic rings. The van der Waals surface area contributed by atoms with Crippen LogP contribution in [-0.4, -0.2) is 54.7 Å². The minimum atomic E-state index is -0.457. The number of rotatable bonds is 7. The number of amidine groups is 1. The summed E-state index contributed by atoms with van der Waals surface area (Å²) in [5, 5.41) is 7.25. The van der Waals surface area contributed by atoms with Crippen molar-refractivity contribution in [1.29, 1.82) is 0 Å². The lowest BCUT2D eigenvalue weighted by atomic mass is 9.94. The Balaban J connectivity index is 1.59. The largest absolute Gasteiger partial charge is 0.460 e. The summed E-state index contributed by atoms with van der Waals surface area (Å²) in [5.41, 5.74) is 2.94. The second kappa shape index (κ2) is 12.0. The van der Waals surface area contributed by atoms with Crippen molar-refractivity contribution in [2.24, 2.45) is 4.99 Å². The number of amides is 2. The minimum Gasteiger partial charge on any atom is -0.460 e. The van der Waals surface area contributed by atoms with E-state index in [1.54, 1.807) is 43.1 Å². The van der Waals surface area contributed by atoms with Gasteiger partial charge in [-0.05, 0) is 49.2 Å². The lowest BCUT2D eigenvalue weighted by Crippen LogP contribution is -2.42. The van der Waals surface area contributed by atoms with Gasteiger partial charge in [0.1, 0.15) is 6.61 Å². The normalized spacial score (nSPS) is 17.3. The number of methoxy groups -OCH3 is 1. The van der Waals surface area contributed by atoms with Gasteiger partial charge in [0.2, 0.25) is 0 Å². The third-order valence-electron chi connectivity index (χ3n) is 5.64. The van der Waals surface area contributed by atoms with Gasteiger partial charge in [0.05, 0.1) is 34.6 Å². The van der Waals surface area contributed by atoms with E-state index in [1.807, 2.05) is 25.1 Å². The number of benzene rings is 2. The Morgan fingerprint density at radius 1 is 1.17 bits per heavy atom. The van der Waals surface area contributed by atoms with Crippen LogP contribution in [0.2, 0.25) is 10.0 Å². The fourth-order valence-corrected chi connectivity index (χ4v) is 5.51. The molecule has 0 bridgehead atoms. The van der Waals surface area contributed by atoms with Crippen molar-refractivity contribution in [2.75, 3.05) is 43.3 Å². The SMILES string of the molecule is COCCOC(=O)C1=C(C)N=C2SCCCN2C1c1cccc(NC(=O)Nc2ccc(Cl)cc2Cl)c1. The smallest absolute Gasteiger partial charge is 0.338 e. The van der Waals surface area contributed by atoms with Gasteiger partial charge in [-0.2, -0.15) is 0 Å². The molecule has 1 unspecified atom stereocenters. The summed E-state index contributed by atoms with van der Waals surface area (Å²) in [6.07, 6.45) is 0.966. The maximum absolute atomic E-state index is 13.1. The van der Waals surface area contributed by atoms with Gasteiger partial charge in [-0.1, -0.05) is 47.1 Å². The van der Waals surface area contributed by atoms with Gasteiger partial charge in [0, 0.05) is 30.1 Å². The van der Waals surface area contributed by atoms with Crippen LogP contribution in [0.3, 0.4) is 0 Å². The number of fused-ring (bicyclic) bond motifs is 1. The van der Waals surface area contributed by atoms with E-state index in [0.29, 0.717) is 39.3 Å². The lowest BCUT2D eigenvalue weighted by molar-refractivity contribution is -0.141. The number of nitrogens with zero attached hydrogens (tertiary/aromatic N) is 2. The topological polar surface area (TPSA) is 92.3 Å². The predicted octanol–water partition coefficient (Wildman–Crippen LogP) is 5.95. The number of nitrogens with one attached hydrogen (secondary N) is 2. The van der Waals surface area contributed by atoms with Crippen LogP contribution < -0.4 is 10.6 Å². The zero-order valence-electron chi connectivity index (χ0n) is 19.8. The van der Waals surface area contributed by atoms with Crippen molar-refractivity contribution in [2.45, 2.75) is 19.4 Å². The van der Waals surface area contributed by atoms with Gasteiger partial charge in [-0.15, -0.1) is 0 Å². The summed E-state index contributed by atoms with van der Waals surface area (Å²) < 4.78 is 10.5. The van der Waals surface area contributed by atoms with Crippen LogP contribution in [0.25, 0.3) is 0 Å². The molecule has 2 aromatic rings. The first kappa shape index (κ1) is 26.3. The van der Waals surface area contributed by atoms with E-state index < -0.39 is 18.0 Å². The van der Waals surface area contributed by atoms with Gasteiger partial charge >= 0.3 is 12.0 Å². The van der Waals surface area contributed by atoms with Crippen molar-refractivity contribution >= 4 is 63.5 Å². The molecule has 1 atom stereocenters. The second-order valence-electron chi connectivity index (χ2n) is 8.15. The number of hydrogen-bond donors (Lipinski definition) is 2. The highest BCUT2D eigenvalue weighted by Gasteiger charge is 2.38. The summed E-state index contributed by atoms with van der Waals surface area (Å²) in [6.45, 7) is 3.04. The van der Waals surface area contributed by atoms with Gasteiger partial charge in [0.25, 0.3) is 0 Å². The van der Waals surface area contributed by atoms with E-state index in [4.69, 9.17) is 37.7 Å². The van der Waals surface area contributed by atoms with Crippen LogP contribution in [0.4, 0.5) is 16.2 Å². The summed E-state index contributed by atoms with van der Waals surface area (Å²) in [7, 11) is 1.55. The molecule has 1 fully saturated rings. The highest BCUT2D eigenvalue weighted by molar-refractivity contribution is 8.13. The number of esters is 1. The van der Waals surface area contributed by atoms with Crippen LogP contribution in [0, 0.1) is 0 Å². The van der Waals surface area contributed by atoms with Crippen molar-refractivity contribution in [3.05, 3.63) is 69.3 Å². The molecule has 0 saturated carbocycles. The fraction of sp³-hybridized carbons (Fsp3) is 0.320. The second-order valence-corrected chi connectivity index (χ2v) is 10.1. The first-order valence-corrected chi connectivity index (χ1v) is 13.1. The fourth-order valence-electron chi connectivity index (χ4n) is 4.03. The van der Waals surface area contributed by atoms with Crippen LogP contribution in [0.5, 0.6) is 0 Å². The number of allylic oxidation sites excluding steroid dienone is 1. The molecule has 2 amide bonds. The van der Waals surface area contributed by atoms with Crippen LogP contribution in [0.1, 0.15) is 24.9 Å². The molecule has 2 aliphatic heterocycles. The number of thioether (sulfide) groups is 1. The van der Waals surface area contributed by atoms with Gasteiger partial charge < -0.3 is 25.0 Å². The lowest BCUT2D eigenvalue weighted by Gasteiger charge is -2.40. The molecule has 0 aromatic heterocycles. The Kier molecular flexibility index (Phi) is 8.79. The Morgan fingerprint density at radius 3 is 2.78 bits per heavy atom. The van der Waals surface area contributed by atoms with E-state index in [2.05, 4.69) is 15.5 Å². The monoisotopic (exact) mass is 548 g/mol. The van der Waals surface area contributed by atoms with Crippen molar-refractivity contribution in [3.63, 3.8) is 0 Å². The maximum atomic E-state index is 13.1. The van der Waals surface area contributed by atoms with Crippen molar-refractivity contribution in [1.82, 2.24) is 4.90 Å². The van der Waals surface area contributed by atoms with E-state index in [9.17, 15) is 9.59 Å². The Bertz CT molecular complexity index is 1220. The van der Waals surface area contributed by atoms with Crippen molar-refractivity contribution < 1.29 is 19.1 Å². The first-order chi connectivity index (χ1) is 17.4. The average Bonchev–Trinajstić information content (AvgIpc) is 2.85. The highest BCUT2D eigenvalue weighted by atomic mass is 35.5. The molecule has 2 aromatic carbocycles. The van der Waals surface area contributed by atoms with Crippen LogP contribution >= 0.6 is 35.0 Å². The van der Waals surface area contributed by atoms with Gasteiger partial charge in [-0.3, -0.25) is 0 Å².